The van der Waals surface area contributed by atoms with Gasteiger partial charge in [-0.05, 0) is 28.8 Å². The fourth-order valence-electron chi connectivity index (χ4n) is 3.52. The minimum Gasteiger partial charge on any atom is -0.317 e. The summed E-state index contributed by atoms with van der Waals surface area (Å²) in [6, 6.07) is 19.8. The van der Waals surface area contributed by atoms with E-state index in [-0.39, 0.29) is 0 Å². The van der Waals surface area contributed by atoms with Gasteiger partial charge in [-0.25, -0.2) is 0 Å². The van der Waals surface area contributed by atoms with E-state index in [2.05, 4.69) is 83.9 Å². The standard InChI is InChI=1S/C21H18N2S/c1-14(2)12-22-13-23-18-10-15-6-3-4-7-16(15)11-20(18)24-19-9-5-8-17(22)21(19)23/h3-11,14H,12H2,1-2H3. The first kappa shape index (κ1) is 14.1. The first-order chi connectivity index (χ1) is 11.7. The highest BCUT2D eigenvalue weighted by molar-refractivity contribution is 7.99. The minimum atomic E-state index is 0.596. The molecule has 0 N–H and O–H groups in total. The number of nitrogens with zero attached hydrogens (tertiary/aromatic N) is 2. The largest absolute Gasteiger partial charge is 0.317 e. The summed E-state index contributed by atoms with van der Waals surface area (Å²) in [6.45, 7) is 5.49. The number of imidazole rings is 1. The van der Waals surface area contributed by atoms with Crippen LogP contribution >= 0.6 is 11.8 Å². The Morgan fingerprint density at radius 2 is 1.79 bits per heavy atom. The third-order valence-corrected chi connectivity index (χ3v) is 5.64. The molecule has 118 valence electrons. The van der Waals surface area contributed by atoms with E-state index in [9.17, 15) is 0 Å². The Kier molecular flexibility index (Phi) is 3.01. The summed E-state index contributed by atoms with van der Waals surface area (Å²) in [6.07, 6.45) is 3.60. The zero-order valence-electron chi connectivity index (χ0n) is 13.8. The smallest absolute Gasteiger partial charge is 0.244 e. The summed E-state index contributed by atoms with van der Waals surface area (Å²) in [5.74, 6) is 0.596. The van der Waals surface area contributed by atoms with Gasteiger partial charge in [0.1, 0.15) is 0 Å². The van der Waals surface area contributed by atoms with Crippen molar-refractivity contribution in [1.29, 1.82) is 0 Å². The second-order valence-corrected chi connectivity index (χ2v) is 7.92. The van der Waals surface area contributed by atoms with Crippen molar-refractivity contribution >= 4 is 33.6 Å². The summed E-state index contributed by atoms with van der Waals surface area (Å²) in [5.41, 5.74) is 3.79. The fourth-order valence-corrected chi connectivity index (χ4v) is 4.64. The minimum absolute atomic E-state index is 0.596. The molecule has 3 heteroatoms. The molecule has 2 heterocycles. The van der Waals surface area contributed by atoms with Crippen molar-refractivity contribution in [1.82, 2.24) is 4.57 Å². The van der Waals surface area contributed by atoms with Crippen LogP contribution < -0.4 is 4.57 Å². The topological polar surface area (TPSA) is 8.81 Å². The number of hydrogen-bond donors (Lipinski definition) is 0. The van der Waals surface area contributed by atoms with Gasteiger partial charge in [0, 0.05) is 9.79 Å². The summed E-state index contributed by atoms with van der Waals surface area (Å²) < 4.78 is 4.53. The Labute approximate surface area is 145 Å². The molecular formula is C21H18N2S. The molecule has 1 aliphatic heterocycles. The van der Waals surface area contributed by atoms with Gasteiger partial charge in [-0.1, -0.05) is 56.3 Å². The monoisotopic (exact) mass is 330 g/mol. The molecule has 0 saturated heterocycles. The van der Waals surface area contributed by atoms with Crippen molar-refractivity contribution < 1.29 is 4.57 Å². The molecule has 5 rings (SSSR count). The predicted octanol–water partition coefficient (Wildman–Crippen LogP) is 4.99. The Bertz CT molecular complexity index is 1090. The number of aromatic nitrogens is 2. The first-order valence-electron chi connectivity index (χ1n) is 8.38. The lowest BCUT2D eigenvalue weighted by Crippen LogP contribution is -2.32. The summed E-state index contributed by atoms with van der Waals surface area (Å²) in [4.78, 5) is 2.62. The SMILES string of the molecule is CC(C)Cn1[c-][n+]2c3c(cccc31)Sc1cc3ccccc3cc1-2. The van der Waals surface area contributed by atoms with Crippen LogP contribution in [0.15, 0.2) is 64.4 Å². The van der Waals surface area contributed by atoms with Gasteiger partial charge in [-0.2, -0.15) is 0 Å². The lowest BCUT2D eigenvalue weighted by molar-refractivity contribution is -0.577. The molecular weight excluding hydrogens is 312 g/mol. The van der Waals surface area contributed by atoms with Gasteiger partial charge in [-0.15, -0.1) is 11.8 Å². The molecule has 0 amide bonds. The molecule has 2 nitrogen and oxygen atoms in total. The van der Waals surface area contributed by atoms with Crippen LogP contribution in [0.25, 0.3) is 27.5 Å². The van der Waals surface area contributed by atoms with Gasteiger partial charge in [-0.3, -0.25) is 0 Å². The van der Waals surface area contributed by atoms with Crippen molar-refractivity contribution in [2.24, 2.45) is 5.92 Å². The molecule has 0 saturated carbocycles. The van der Waals surface area contributed by atoms with Crippen LogP contribution in [0.4, 0.5) is 0 Å². The lowest BCUT2D eigenvalue weighted by Gasteiger charge is -2.20. The second kappa shape index (κ2) is 5.12. The molecule has 1 aliphatic rings. The van der Waals surface area contributed by atoms with Crippen LogP contribution in [0, 0.1) is 12.2 Å². The maximum absolute atomic E-state index is 3.60. The average molecular weight is 330 g/mol. The van der Waals surface area contributed by atoms with E-state index in [4.69, 9.17) is 0 Å². The first-order valence-corrected chi connectivity index (χ1v) is 9.20. The number of hydrogen-bond acceptors (Lipinski definition) is 1. The highest BCUT2D eigenvalue weighted by Gasteiger charge is 2.21. The van der Waals surface area contributed by atoms with Gasteiger partial charge in [0.15, 0.2) is 0 Å². The van der Waals surface area contributed by atoms with Crippen LogP contribution in [0.2, 0.25) is 0 Å². The molecule has 3 aromatic carbocycles. The highest BCUT2D eigenvalue weighted by Crippen LogP contribution is 2.40. The lowest BCUT2D eigenvalue weighted by atomic mass is 10.1. The van der Waals surface area contributed by atoms with E-state index in [0.29, 0.717) is 5.92 Å². The normalized spacial score (nSPS) is 13.0. The zero-order chi connectivity index (χ0) is 16.3. The maximum Gasteiger partial charge on any atom is 0.244 e. The quantitative estimate of drug-likeness (QED) is 0.327. The fraction of sp³-hybridized carbons (Fsp3) is 0.190. The third-order valence-electron chi connectivity index (χ3n) is 4.55. The van der Waals surface area contributed by atoms with E-state index < -0.39 is 0 Å². The van der Waals surface area contributed by atoms with Crippen molar-refractivity contribution in [3.05, 3.63) is 60.9 Å². The number of fused-ring (bicyclic) bond motifs is 3. The number of rotatable bonds is 2. The Morgan fingerprint density at radius 1 is 1.00 bits per heavy atom. The molecule has 0 atom stereocenters. The molecule has 0 aliphatic carbocycles. The van der Waals surface area contributed by atoms with Gasteiger partial charge in [0.2, 0.25) is 6.33 Å². The average Bonchev–Trinajstić information content (AvgIpc) is 2.93. The van der Waals surface area contributed by atoms with Gasteiger partial charge in [0.05, 0.1) is 23.3 Å². The van der Waals surface area contributed by atoms with Crippen LogP contribution in [0.5, 0.6) is 0 Å². The maximum atomic E-state index is 3.60. The van der Waals surface area contributed by atoms with Crippen LogP contribution in [0.3, 0.4) is 0 Å². The van der Waals surface area contributed by atoms with E-state index in [0.717, 1.165) is 6.54 Å². The van der Waals surface area contributed by atoms with Crippen LogP contribution in [-0.4, -0.2) is 4.57 Å². The summed E-state index contributed by atoms with van der Waals surface area (Å²) >= 11 is 1.87. The van der Waals surface area contributed by atoms with Crippen LogP contribution in [0.1, 0.15) is 13.8 Å². The van der Waals surface area contributed by atoms with Crippen molar-refractivity contribution in [2.75, 3.05) is 0 Å². The van der Waals surface area contributed by atoms with E-state index in [1.807, 2.05) is 11.8 Å². The van der Waals surface area contributed by atoms with Gasteiger partial charge >= 0.3 is 0 Å². The van der Waals surface area contributed by atoms with E-state index in [1.54, 1.807) is 0 Å². The molecule has 1 aromatic heterocycles. The van der Waals surface area contributed by atoms with E-state index >= 15 is 0 Å². The van der Waals surface area contributed by atoms with E-state index in [1.165, 1.54) is 37.3 Å². The second-order valence-electron chi connectivity index (χ2n) is 6.83. The van der Waals surface area contributed by atoms with Crippen molar-refractivity contribution in [3.63, 3.8) is 0 Å². The Balaban J connectivity index is 1.83. The molecule has 0 spiro atoms. The van der Waals surface area contributed by atoms with Gasteiger partial charge in [0.25, 0.3) is 0 Å². The molecule has 4 aromatic rings. The molecule has 0 bridgehead atoms. The molecule has 24 heavy (non-hydrogen) atoms. The number of para-hydroxylation sites is 1. The summed E-state index contributed by atoms with van der Waals surface area (Å²) in [7, 11) is 0. The van der Waals surface area contributed by atoms with Crippen molar-refractivity contribution in [3.8, 4) is 5.69 Å². The Morgan fingerprint density at radius 3 is 2.58 bits per heavy atom. The van der Waals surface area contributed by atoms with Gasteiger partial charge < -0.3 is 9.13 Å². The molecule has 0 unspecified atom stereocenters. The Hall–Kier alpha value is -2.26. The molecule has 0 radical (unpaired) electrons. The third kappa shape index (κ3) is 2.01. The number of benzene rings is 3. The van der Waals surface area contributed by atoms with Crippen molar-refractivity contribution in [2.45, 2.75) is 30.2 Å². The highest BCUT2D eigenvalue weighted by atomic mass is 32.2. The molecule has 0 fully saturated rings. The van der Waals surface area contributed by atoms with Crippen LogP contribution in [-0.2, 0) is 6.54 Å². The summed E-state index contributed by atoms with van der Waals surface area (Å²) in [5, 5.41) is 2.57. The predicted molar refractivity (Wildman–Crippen MR) is 98.8 cm³/mol. The zero-order valence-corrected chi connectivity index (χ0v) is 14.6.